The summed E-state index contributed by atoms with van der Waals surface area (Å²) in [4.78, 5) is 20.4. The van der Waals surface area contributed by atoms with Gasteiger partial charge < -0.3 is 24.7 Å². The van der Waals surface area contributed by atoms with Crippen LogP contribution in [0.1, 0.15) is 17.5 Å². The number of aliphatic imine (C=N–C) groups is 2. The number of nitrogens with zero attached hydrogens (tertiary/aromatic N) is 2. The quantitative estimate of drug-likeness (QED) is 0.406. The highest BCUT2D eigenvalue weighted by Gasteiger charge is 2.28. The lowest BCUT2D eigenvalue weighted by Gasteiger charge is -2.17. The van der Waals surface area contributed by atoms with Crippen LogP contribution in [0.2, 0.25) is 0 Å². The van der Waals surface area contributed by atoms with Crippen molar-refractivity contribution in [2.75, 3.05) is 39.4 Å². The van der Waals surface area contributed by atoms with Crippen molar-refractivity contribution in [1.29, 1.82) is 0 Å². The Morgan fingerprint density at radius 1 is 1.19 bits per heavy atom. The van der Waals surface area contributed by atoms with E-state index >= 15 is 4.39 Å². The minimum atomic E-state index is -0.823. The average molecular weight is 462 g/mol. The maximum atomic E-state index is 15.7. The van der Waals surface area contributed by atoms with Gasteiger partial charge in [-0.05, 0) is 30.0 Å². The first-order valence-electron chi connectivity index (χ1n) is 9.74. The van der Waals surface area contributed by atoms with E-state index in [1.807, 2.05) is 12.1 Å². The van der Waals surface area contributed by atoms with Crippen LogP contribution >= 0.6 is 11.8 Å². The molecule has 8 nitrogen and oxygen atoms in total. The number of rotatable bonds is 5. The van der Waals surface area contributed by atoms with Crippen LogP contribution in [0.25, 0.3) is 0 Å². The topological polar surface area (TPSA) is 105 Å². The van der Waals surface area contributed by atoms with Crippen molar-refractivity contribution in [3.63, 3.8) is 0 Å². The summed E-state index contributed by atoms with van der Waals surface area (Å²) in [6, 6.07) is 8.60. The molecule has 0 aliphatic carbocycles. The number of nitrogen functional groups attached to an aromatic ring is 1. The van der Waals surface area contributed by atoms with Crippen LogP contribution in [0.5, 0.6) is 17.2 Å². The SMILES string of the molecule is COC(=O)/N=C(SC)/C(=N/Cc1ccc(N)cc1)c1cc(OC)c2c(c1F)OCCCO2. The molecule has 0 spiro atoms. The monoisotopic (exact) mass is 461 g/mol. The number of anilines is 1. The van der Waals surface area contributed by atoms with Crippen molar-refractivity contribution in [1.82, 2.24) is 0 Å². The zero-order valence-corrected chi connectivity index (χ0v) is 18.8. The maximum Gasteiger partial charge on any atom is 0.434 e. The molecule has 1 heterocycles. The molecule has 0 bridgehead atoms. The predicted octanol–water partition coefficient (Wildman–Crippen LogP) is 4.10. The normalized spacial score (nSPS) is 14.0. The van der Waals surface area contributed by atoms with Crippen LogP contribution in [0.3, 0.4) is 0 Å². The van der Waals surface area contributed by atoms with E-state index in [1.54, 1.807) is 18.4 Å². The summed E-state index contributed by atoms with van der Waals surface area (Å²) in [7, 11) is 2.67. The second-order valence-electron chi connectivity index (χ2n) is 6.65. The lowest BCUT2D eigenvalue weighted by atomic mass is 10.1. The van der Waals surface area contributed by atoms with Gasteiger partial charge in [0.2, 0.25) is 11.5 Å². The number of hydrogen-bond donors (Lipinski definition) is 1. The molecule has 0 fully saturated rings. The van der Waals surface area contributed by atoms with Crippen LogP contribution in [0.15, 0.2) is 40.3 Å². The van der Waals surface area contributed by atoms with Gasteiger partial charge in [-0.2, -0.15) is 4.99 Å². The fourth-order valence-electron chi connectivity index (χ4n) is 2.98. The highest BCUT2D eigenvalue weighted by atomic mass is 32.2. The first-order valence-corrected chi connectivity index (χ1v) is 11.0. The summed E-state index contributed by atoms with van der Waals surface area (Å²) in [6.45, 7) is 0.868. The van der Waals surface area contributed by atoms with Crippen molar-refractivity contribution in [2.24, 2.45) is 9.98 Å². The maximum absolute atomic E-state index is 15.7. The van der Waals surface area contributed by atoms with Gasteiger partial charge in [0.15, 0.2) is 11.6 Å². The van der Waals surface area contributed by atoms with E-state index in [0.717, 1.165) is 17.3 Å². The van der Waals surface area contributed by atoms with Crippen LogP contribution in [-0.4, -0.2) is 50.5 Å². The molecule has 0 radical (unpaired) electrons. The van der Waals surface area contributed by atoms with Crippen molar-refractivity contribution in [3.8, 4) is 17.2 Å². The number of hydrogen-bond acceptors (Lipinski definition) is 8. The second kappa shape index (κ2) is 10.9. The fraction of sp³-hybridized carbons (Fsp3) is 0.318. The smallest absolute Gasteiger partial charge is 0.434 e. The van der Waals surface area contributed by atoms with E-state index in [9.17, 15) is 4.79 Å². The standard InChI is InChI=1S/C22H24FN3O5S/c1-28-16-11-15(17(23)20-19(16)30-9-4-10-31-20)18(21(32-3)26-22(27)29-2)25-12-13-5-7-14(24)8-6-13/h5-8,11H,4,9-10,12,24H2,1-3H3/b25-18+,26-21-. The molecule has 3 rings (SSSR count). The summed E-state index contributed by atoms with van der Waals surface area (Å²) in [6.07, 6.45) is 1.49. The third-order valence-electron chi connectivity index (χ3n) is 4.56. The van der Waals surface area contributed by atoms with Gasteiger partial charge in [-0.15, -0.1) is 11.8 Å². The highest BCUT2D eigenvalue weighted by Crippen LogP contribution is 2.43. The minimum absolute atomic E-state index is 0.0597. The Balaban J connectivity index is 2.17. The fourth-order valence-corrected chi connectivity index (χ4v) is 3.51. The van der Waals surface area contributed by atoms with Crippen molar-refractivity contribution in [2.45, 2.75) is 13.0 Å². The Hall–Kier alpha value is -3.27. The molecule has 1 aliphatic heterocycles. The van der Waals surface area contributed by atoms with Gasteiger partial charge in [0, 0.05) is 17.7 Å². The molecular weight excluding hydrogens is 437 g/mol. The summed E-state index contributed by atoms with van der Waals surface area (Å²) >= 11 is 1.14. The van der Waals surface area contributed by atoms with E-state index in [0.29, 0.717) is 25.3 Å². The molecule has 170 valence electrons. The molecule has 32 heavy (non-hydrogen) atoms. The van der Waals surface area contributed by atoms with Crippen LogP contribution < -0.4 is 19.9 Å². The summed E-state index contributed by atoms with van der Waals surface area (Å²) in [5.41, 5.74) is 7.43. The van der Waals surface area contributed by atoms with Crippen molar-refractivity contribution in [3.05, 3.63) is 47.3 Å². The Labute approximate surface area is 189 Å². The van der Waals surface area contributed by atoms with Gasteiger partial charge in [-0.3, -0.25) is 4.99 Å². The molecule has 1 amide bonds. The van der Waals surface area contributed by atoms with Crippen molar-refractivity contribution >= 4 is 34.3 Å². The Morgan fingerprint density at radius 2 is 1.88 bits per heavy atom. The number of fused-ring (bicyclic) bond motifs is 1. The zero-order valence-electron chi connectivity index (χ0n) is 18.0. The van der Waals surface area contributed by atoms with Gasteiger partial charge in [-0.25, -0.2) is 9.18 Å². The molecule has 1 aliphatic rings. The zero-order chi connectivity index (χ0) is 23.1. The number of ether oxygens (including phenoxy) is 4. The molecule has 0 unspecified atom stereocenters. The van der Waals surface area contributed by atoms with Crippen LogP contribution in [0, 0.1) is 5.82 Å². The molecule has 2 N–H and O–H groups in total. The van der Waals surface area contributed by atoms with Crippen LogP contribution in [0.4, 0.5) is 14.9 Å². The number of carbonyl (C=O) groups excluding carboxylic acids is 1. The first kappa shape index (κ1) is 23.4. The lowest BCUT2D eigenvalue weighted by molar-refractivity contribution is 0.183. The van der Waals surface area contributed by atoms with Gasteiger partial charge in [0.05, 0.1) is 34.0 Å². The number of thioether (sulfide) groups is 1. The number of halogens is 1. The molecule has 2 aromatic carbocycles. The largest absolute Gasteiger partial charge is 0.493 e. The molecule has 10 heteroatoms. The van der Waals surface area contributed by atoms with E-state index in [-0.39, 0.29) is 40.1 Å². The minimum Gasteiger partial charge on any atom is -0.493 e. The van der Waals surface area contributed by atoms with E-state index in [1.165, 1.54) is 20.3 Å². The Kier molecular flexibility index (Phi) is 7.93. The molecular formula is C22H24FN3O5S. The number of methoxy groups -OCH3 is 2. The average Bonchev–Trinajstić information content (AvgIpc) is 3.07. The van der Waals surface area contributed by atoms with Gasteiger partial charge in [0.1, 0.15) is 10.8 Å². The van der Waals surface area contributed by atoms with Crippen molar-refractivity contribution < 1.29 is 28.1 Å². The predicted molar refractivity (Wildman–Crippen MR) is 123 cm³/mol. The summed E-state index contributed by atoms with van der Waals surface area (Å²) < 4.78 is 37.0. The first-order chi connectivity index (χ1) is 15.5. The van der Waals surface area contributed by atoms with Crippen LogP contribution in [-0.2, 0) is 11.3 Å². The van der Waals surface area contributed by atoms with Gasteiger partial charge in [0.25, 0.3) is 0 Å². The van der Waals surface area contributed by atoms with Gasteiger partial charge >= 0.3 is 6.09 Å². The number of amides is 1. The summed E-state index contributed by atoms with van der Waals surface area (Å²) in [5.74, 6) is -0.252. The Bertz CT molecular complexity index is 1040. The number of carbonyl (C=O) groups is 1. The molecule has 0 saturated heterocycles. The van der Waals surface area contributed by atoms with Gasteiger partial charge in [-0.1, -0.05) is 12.1 Å². The van der Waals surface area contributed by atoms with E-state index in [4.69, 9.17) is 19.9 Å². The molecule has 0 aromatic heterocycles. The van der Waals surface area contributed by atoms with E-state index < -0.39 is 11.9 Å². The highest BCUT2D eigenvalue weighted by molar-refractivity contribution is 8.15. The van der Waals surface area contributed by atoms with E-state index in [2.05, 4.69) is 14.7 Å². The molecule has 0 atom stereocenters. The lowest BCUT2D eigenvalue weighted by Crippen LogP contribution is -2.18. The Morgan fingerprint density at radius 3 is 2.50 bits per heavy atom. The summed E-state index contributed by atoms with van der Waals surface area (Å²) in [5, 5.41) is 0.183. The number of benzene rings is 2. The third kappa shape index (κ3) is 5.31. The number of nitrogens with two attached hydrogens (primary N) is 1. The second-order valence-corrected chi connectivity index (χ2v) is 7.44. The molecule has 0 saturated carbocycles. The molecule has 2 aromatic rings. The third-order valence-corrected chi connectivity index (χ3v) is 5.23.